The fraction of sp³-hybridized carbons (Fsp3) is 0.414. The second kappa shape index (κ2) is 9.42. The van der Waals surface area contributed by atoms with Crippen LogP contribution in [0.1, 0.15) is 52.0 Å². The van der Waals surface area contributed by atoms with Crippen LogP contribution in [-0.4, -0.2) is 54.2 Å². The van der Waals surface area contributed by atoms with Gasteiger partial charge in [-0.1, -0.05) is 0 Å². The molecule has 4 aromatic rings. The highest BCUT2D eigenvalue weighted by molar-refractivity contribution is 5.87. The van der Waals surface area contributed by atoms with Crippen molar-refractivity contribution in [3.8, 4) is 28.3 Å². The number of aryl methyl sites for hydroxylation is 1. The average molecular weight is 525 g/mol. The Kier molecular flexibility index (Phi) is 6.02. The lowest BCUT2D eigenvalue weighted by Gasteiger charge is -2.40. The van der Waals surface area contributed by atoms with Gasteiger partial charge in [-0.05, 0) is 64.7 Å². The van der Waals surface area contributed by atoms with Crippen molar-refractivity contribution in [1.29, 1.82) is 5.26 Å². The van der Waals surface area contributed by atoms with Crippen LogP contribution in [0.3, 0.4) is 0 Å². The van der Waals surface area contributed by atoms with Gasteiger partial charge in [-0.15, -0.1) is 0 Å². The van der Waals surface area contributed by atoms with E-state index in [1.807, 2.05) is 52.6 Å². The molecule has 2 aliphatic rings. The first-order valence-electron chi connectivity index (χ1n) is 13.3. The van der Waals surface area contributed by atoms with Crippen LogP contribution in [0.4, 0.5) is 10.6 Å². The number of piperidine rings is 1. The van der Waals surface area contributed by atoms with E-state index in [-0.39, 0.29) is 12.1 Å². The number of nitrogens with zero attached hydrogens (tertiary/aromatic N) is 7. The van der Waals surface area contributed by atoms with Crippen molar-refractivity contribution in [3.63, 3.8) is 0 Å². The Morgan fingerprint density at radius 2 is 1.82 bits per heavy atom. The maximum Gasteiger partial charge on any atom is 0.407 e. The van der Waals surface area contributed by atoms with E-state index in [1.54, 1.807) is 15.4 Å². The van der Waals surface area contributed by atoms with E-state index in [0.717, 1.165) is 59.3 Å². The number of nitriles is 1. The Morgan fingerprint density at radius 3 is 2.44 bits per heavy atom. The first-order chi connectivity index (χ1) is 18.7. The molecule has 10 nitrogen and oxygen atoms in total. The Bertz CT molecular complexity index is 1560. The zero-order valence-electron chi connectivity index (χ0n) is 22.6. The molecule has 3 atom stereocenters. The number of carbonyl (C=O) groups excluding carboxylic acids is 1. The van der Waals surface area contributed by atoms with Crippen molar-refractivity contribution in [2.75, 3.05) is 4.90 Å². The molecule has 39 heavy (non-hydrogen) atoms. The second-order valence-electron chi connectivity index (χ2n) is 11.5. The molecule has 200 valence electrons. The minimum atomic E-state index is -0.510. The molecule has 1 unspecified atom stereocenters. The highest BCUT2D eigenvalue weighted by Crippen LogP contribution is 2.39. The predicted octanol–water partition coefficient (Wildman–Crippen LogP) is 4.69. The van der Waals surface area contributed by atoms with E-state index >= 15 is 0 Å². The topological polar surface area (TPSA) is 113 Å². The lowest BCUT2D eigenvalue weighted by Crippen LogP contribution is -2.51. The minimum absolute atomic E-state index is 0.0997. The van der Waals surface area contributed by atoms with Crippen molar-refractivity contribution < 1.29 is 9.53 Å². The van der Waals surface area contributed by atoms with Crippen molar-refractivity contribution in [2.24, 2.45) is 7.05 Å². The summed E-state index contributed by atoms with van der Waals surface area (Å²) in [5, 5.41) is 21.5. The van der Waals surface area contributed by atoms with Gasteiger partial charge in [-0.25, -0.2) is 14.3 Å². The summed E-state index contributed by atoms with van der Waals surface area (Å²) in [6.45, 7) is 5.63. The molecule has 10 heteroatoms. The standard InChI is InChI=1S/C29H32N8O2/c1-29(2,3)39-28(38)34-22-10-23-6-7-24(11-22)37(23)26-8-5-18(13-31-26)25-9-19(21-15-32-35(4)16-21)17-36-27(25)20(12-30)14-33-36/h5,8-9,13-17,22-24H,6-7,10-11H2,1-4H3,(H,34,38)/t22-,23-,24?/m0/s1. The summed E-state index contributed by atoms with van der Waals surface area (Å²) in [7, 11) is 1.89. The number of pyridine rings is 2. The van der Waals surface area contributed by atoms with Crippen molar-refractivity contribution in [1.82, 2.24) is 29.7 Å². The molecule has 2 fully saturated rings. The fourth-order valence-corrected chi connectivity index (χ4v) is 5.99. The quantitative estimate of drug-likeness (QED) is 0.412. The summed E-state index contributed by atoms with van der Waals surface area (Å²) in [5.74, 6) is 0.940. The van der Waals surface area contributed by atoms with Gasteiger partial charge in [0.05, 0.1) is 23.5 Å². The molecule has 0 saturated carbocycles. The third-order valence-corrected chi connectivity index (χ3v) is 7.55. The van der Waals surface area contributed by atoms with Crippen LogP contribution in [0.5, 0.6) is 0 Å². The van der Waals surface area contributed by atoms with Crippen LogP contribution in [0.2, 0.25) is 0 Å². The Morgan fingerprint density at radius 1 is 1.05 bits per heavy atom. The molecule has 0 spiro atoms. The Balaban J connectivity index is 1.26. The summed E-state index contributed by atoms with van der Waals surface area (Å²) < 4.78 is 8.99. The molecule has 0 radical (unpaired) electrons. The number of aromatic nitrogens is 5. The van der Waals surface area contributed by atoms with Crippen LogP contribution in [0.25, 0.3) is 27.8 Å². The van der Waals surface area contributed by atoms with Crippen molar-refractivity contribution >= 4 is 17.4 Å². The number of rotatable bonds is 4. The average Bonchev–Trinajstić information content (AvgIpc) is 3.58. The number of carbonyl (C=O) groups is 1. The van der Waals surface area contributed by atoms with Crippen LogP contribution >= 0.6 is 0 Å². The Hall–Kier alpha value is -4.39. The van der Waals surface area contributed by atoms with E-state index in [2.05, 4.69) is 44.7 Å². The third-order valence-electron chi connectivity index (χ3n) is 7.55. The monoisotopic (exact) mass is 524 g/mol. The maximum absolute atomic E-state index is 12.3. The summed E-state index contributed by atoms with van der Waals surface area (Å²) in [5.41, 5.74) is 4.51. The number of fused-ring (bicyclic) bond motifs is 3. The number of anilines is 1. The van der Waals surface area contributed by atoms with Gasteiger partial charge in [-0.2, -0.15) is 15.5 Å². The van der Waals surface area contributed by atoms with E-state index < -0.39 is 5.60 Å². The first kappa shape index (κ1) is 24.9. The molecule has 0 aromatic carbocycles. The minimum Gasteiger partial charge on any atom is -0.444 e. The summed E-state index contributed by atoms with van der Waals surface area (Å²) in [6.07, 6.45) is 12.7. The van der Waals surface area contributed by atoms with Gasteiger partial charge in [0.15, 0.2) is 0 Å². The van der Waals surface area contributed by atoms with E-state index in [4.69, 9.17) is 9.72 Å². The van der Waals surface area contributed by atoms with E-state index in [9.17, 15) is 10.1 Å². The molecule has 4 aromatic heterocycles. The predicted molar refractivity (Wildman–Crippen MR) is 147 cm³/mol. The van der Waals surface area contributed by atoms with Crippen LogP contribution in [-0.2, 0) is 11.8 Å². The normalized spacial score (nSPS) is 20.7. The van der Waals surface area contributed by atoms with Crippen LogP contribution < -0.4 is 10.2 Å². The van der Waals surface area contributed by atoms with E-state index in [0.29, 0.717) is 17.6 Å². The molecule has 1 amide bonds. The number of nitrogens with one attached hydrogen (secondary N) is 1. The third kappa shape index (κ3) is 4.80. The summed E-state index contributed by atoms with van der Waals surface area (Å²) in [6, 6.07) is 9.23. The molecule has 2 bridgehead atoms. The number of hydrogen-bond acceptors (Lipinski definition) is 7. The Labute approximate surface area is 227 Å². The SMILES string of the molecule is Cn1cc(-c2cc(-c3ccc(N4C5CC[C@H]4C[C@H](NC(=O)OC(C)(C)C)C5)nc3)c3c(C#N)cnn3c2)cn1. The lowest BCUT2D eigenvalue weighted by molar-refractivity contribution is 0.0492. The maximum atomic E-state index is 12.3. The van der Waals surface area contributed by atoms with Gasteiger partial charge in [-0.3, -0.25) is 4.68 Å². The molecular weight excluding hydrogens is 492 g/mol. The lowest BCUT2D eigenvalue weighted by atomic mass is 9.97. The highest BCUT2D eigenvalue weighted by Gasteiger charge is 2.42. The summed E-state index contributed by atoms with van der Waals surface area (Å²) >= 11 is 0. The number of hydrogen-bond donors (Lipinski definition) is 1. The number of ether oxygens (including phenoxy) is 1. The molecule has 6 rings (SSSR count). The summed E-state index contributed by atoms with van der Waals surface area (Å²) in [4.78, 5) is 19.6. The van der Waals surface area contributed by atoms with Gasteiger partial charge in [0.25, 0.3) is 0 Å². The molecular formula is C29H32N8O2. The smallest absolute Gasteiger partial charge is 0.407 e. The van der Waals surface area contributed by atoms with Gasteiger partial charge >= 0.3 is 6.09 Å². The van der Waals surface area contributed by atoms with Gasteiger partial charge in [0, 0.05) is 66.0 Å². The first-order valence-corrected chi connectivity index (χ1v) is 13.3. The fourth-order valence-electron chi connectivity index (χ4n) is 5.99. The zero-order chi connectivity index (χ0) is 27.3. The van der Waals surface area contributed by atoms with Crippen molar-refractivity contribution in [2.45, 2.75) is 70.2 Å². The highest BCUT2D eigenvalue weighted by atomic mass is 16.6. The largest absolute Gasteiger partial charge is 0.444 e. The molecule has 1 N–H and O–H groups in total. The van der Waals surface area contributed by atoms with Crippen molar-refractivity contribution in [3.05, 3.63) is 54.7 Å². The second-order valence-corrected chi connectivity index (χ2v) is 11.5. The van der Waals surface area contributed by atoms with Gasteiger partial charge < -0.3 is 15.0 Å². The van der Waals surface area contributed by atoms with E-state index in [1.165, 1.54) is 0 Å². The molecule has 6 heterocycles. The van der Waals surface area contributed by atoms with Gasteiger partial charge in [0.2, 0.25) is 0 Å². The number of alkyl carbamates (subject to hydrolysis) is 1. The van der Waals surface area contributed by atoms with Crippen LogP contribution in [0.15, 0.2) is 49.2 Å². The zero-order valence-corrected chi connectivity index (χ0v) is 22.6. The molecule has 2 saturated heterocycles. The molecule has 2 aliphatic heterocycles. The molecule has 0 aliphatic carbocycles. The van der Waals surface area contributed by atoms with Gasteiger partial charge in [0.1, 0.15) is 17.5 Å². The number of amides is 1. The van der Waals surface area contributed by atoms with Crippen LogP contribution in [0, 0.1) is 11.3 Å².